The second-order valence-corrected chi connectivity index (χ2v) is 16.9. The van der Waals surface area contributed by atoms with Crippen molar-refractivity contribution < 1.29 is 33.4 Å². The predicted octanol–water partition coefficient (Wildman–Crippen LogP) is 2.59. The summed E-state index contributed by atoms with van der Waals surface area (Å²) in [4.78, 5) is 81.2. The molecule has 0 saturated heterocycles. The molecule has 10 N–H and O–H groups in total. The second kappa shape index (κ2) is 23.0. The third kappa shape index (κ3) is 11.9. The van der Waals surface area contributed by atoms with Gasteiger partial charge >= 0.3 is 0 Å². The van der Waals surface area contributed by atoms with Crippen molar-refractivity contribution in [3.63, 3.8) is 0 Å². The van der Waals surface area contributed by atoms with E-state index in [1.54, 1.807) is 50.2 Å². The van der Waals surface area contributed by atoms with Gasteiger partial charge in [-0.15, -0.1) is 0 Å². The molecule has 6 rings (SSSR count). The number of fused-ring (bicyclic) bond motifs is 5. The Morgan fingerprint density at radius 3 is 2.07 bits per heavy atom. The maximum absolute atomic E-state index is 14.7. The van der Waals surface area contributed by atoms with Crippen LogP contribution in [0, 0.1) is 25.2 Å². The van der Waals surface area contributed by atoms with Crippen molar-refractivity contribution in [3.05, 3.63) is 94.3 Å². The van der Waals surface area contributed by atoms with Gasteiger partial charge in [-0.1, -0.05) is 49.2 Å². The van der Waals surface area contributed by atoms with E-state index < -0.39 is 53.7 Å². The van der Waals surface area contributed by atoms with Gasteiger partial charge in [0.05, 0.1) is 23.0 Å². The molecule has 3 aromatic carbocycles. The summed E-state index contributed by atoms with van der Waals surface area (Å²) in [5.74, 6) is -1.50. The van der Waals surface area contributed by atoms with E-state index in [4.69, 9.17) is 36.6 Å². The zero-order valence-electron chi connectivity index (χ0n) is 38.5. The average Bonchev–Trinajstić information content (AvgIpc) is 3.87. The Hall–Kier alpha value is -6.94. The van der Waals surface area contributed by atoms with Crippen LogP contribution in [0.25, 0.3) is 22.5 Å². The smallest absolute Gasteiger partial charge is 0.255 e. The lowest BCUT2D eigenvalue weighted by atomic mass is 9.93. The van der Waals surface area contributed by atoms with Crippen molar-refractivity contribution in [1.29, 1.82) is 5.26 Å². The molecular weight excluding hydrogens is 855 g/mol. The summed E-state index contributed by atoms with van der Waals surface area (Å²) in [6.07, 6.45) is 4.85. The molecule has 0 spiro atoms. The average molecular weight is 916 g/mol. The van der Waals surface area contributed by atoms with Crippen molar-refractivity contribution in [1.82, 2.24) is 36.1 Å². The third-order valence-corrected chi connectivity index (χ3v) is 12.1. The molecule has 18 heteroatoms. The number of likely N-dealkylation sites (N-methyl/N-ethyl adjacent to an activating group) is 1. The minimum Gasteiger partial charge on any atom is -0.492 e. The van der Waals surface area contributed by atoms with Crippen LogP contribution in [0.5, 0.6) is 11.5 Å². The van der Waals surface area contributed by atoms with Crippen LogP contribution in [-0.4, -0.2) is 109 Å². The number of ether oxygens (including phenoxy) is 2. The lowest BCUT2D eigenvalue weighted by Gasteiger charge is -2.32. The second-order valence-electron chi connectivity index (χ2n) is 16.9. The largest absolute Gasteiger partial charge is 0.492 e. The van der Waals surface area contributed by atoms with Crippen LogP contribution in [0.4, 0.5) is 0 Å². The first-order valence-corrected chi connectivity index (χ1v) is 22.7. The van der Waals surface area contributed by atoms with Gasteiger partial charge in [0.1, 0.15) is 55.4 Å². The van der Waals surface area contributed by atoms with E-state index in [0.29, 0.717) is 56.9 Å². The molecule has 4 aromatic rings. The summed E-state index contributed by atoms with van der Waals surface area (Å²) >= 11 is 0. The number of rotatable bonds is 16. The lowest BCUT2D eigenvalue weighted by molar-refractivity contribution is -0.141. The van der Waals surface area contributed by atoms with Crippen LogP contribution in [-0.2, 0) is 25.6 Å². The van der Waals surface area contributed by atoms with E-state index in [1.807, 2.05) is 18.2 Å². The van der Waals surface area contributed by atoms with Gasteiger partial charge in [-0.25, -0.2) is 9.97 Å². The summed E-state index contributed by atoms with van der Waals surface area (Å²) in [5, 5.41) is 20.0. The molecule has 1 aromatic heterocycles. The minimum atomic E-state index is -1.40. The quantitative estimate of drug-likeness (QED) is 0.0798. The van der Waals surface area contributed by atoms with E-state index in [1.165, 1.54) is 50.1 Å². The van der Waals surface area contributed by atoms with Crippen molar-refractivity contribution in [2.24, 2.45) is 17.2 Å². The summed E-state index contributed by atoms with van der Waals surface area (Å²) in [6.45, 7) is 5.25. The van der Waals surface area contributed by atoms with Gasteiger partial charge < -0.3 is 52.8 Å². The number of nitriles is 1. The molecule has 1 saturated carbocycles. The predicted molar refractivity (Wildman–Crippen MR) is 251 cm³/mol. The van der Waals surface area contributed by atoms with Gasteiger partial charge in [0, 0.05) is 43.2 Å². The van der Waals surface area contributed by atoms with Crippen molar-refractivity contribution in [2.45, 2.75) is 89.4 Å². The molecule has 2 aliphatic rings. The van der Waals surface area contributed by atoms with E-state index in [-0.39, 0.29) is 57.8 Å². The van der Waals surface area contributed by atoms with E-state index >= 15 is 0 Å². The number of nitrogens with zero attached hydrogens (tertiary/aromatic N) is 4. The summed E-state index contributed by atoms with van der Waals surface area (Å²) in [6, 6.07) is 15.3. The summed E-state index contributed by atoms with van der Waals surface area (Å²) < 4.78 is 12.2. The highest BCUT2D eigenvalue weighted by molar-refractivity contribution is 6.00. The first-order valence-electron chi connectivity index (χ1n) is 22.7. The maximum Gasteiger partial charge on any atom is 0.255 e. The van der Waals surface area contributed by atoms with Crippen molar-refractivity contribution >= 4 is 29.5 Å². The normalized spacial score (nSPS) is 17.8. The minimum absolute atomic E-state index is 0.00406. The first-order chi connectivity index (χ1) is 32.3. The number of aryl methyl sites for hydroxylation is 2. The molecule has 1 fully saturated rings. The molecule has 4 bridgehead atoms. The van der Waals surface area contributed by atoms with Crippen molar-refractivity contribution in [3.8, 4) is 40.1 Å². The summed E-state index contributed by atoms with van der Waals surface area (Å²) in [7, 11) is 1.42. The maximum atomic E-state index is 14.7. The fraction of sp³-hybridized carbons (Fsp3) is 0.429. The number of hydrogen-bond donors (Lipinski definition) is 7. The highest BCUT2D eigenvalue weighted by Crippen LogP contribution is 2.40. The Labute approximate surface area is 390 Å². The summed E-state index contributed by atoms with van der Waals surface area (Å²) in [5.41, 5.74) is 22.8. The van der Waals surface area contributed by atoms with Gasteiger partial charge in [-0.3, -0.25) is 24.0 Å². The fourth-order valence-corrected chi connectivity index (χ4v) is 8.70. The molecule has 18 nitrogen and oxygen atoms in total. The van der Waals surface area contributed by atoms with Gasteiger partial charge in [0.15, 0.2) is 5.82 Å². The number of carbonyl (C=O) groups excluding carboxylic acids is 5. The first kappa shape index (κ1) is 49.5. The Bertz CT molecular complexity index is 2460. The lowest BCUT2D eigenvalue weighted by Crippen LogP contribution is -2.56. The Morgan fingerprint density at radius 2 is 1.46 bits per heavy atom. The number of nitrogens with two attached hydrogens (primary N) is 3. The molecule has 354 valence electrons. The molecule has 0 radical (unpaired) electrons. The fourth-order valence-electron chi connectivity index (χ4n) is 8.70. The number of carbonyl (C=O) groups is 5. The molecule has 1 aliphatic carbocycles. The number of benzene rings is 3. The Kier molecular flexibility index (Phi) is 17.0. The standard InChI is InChI=1S/C49H61N11O7/c1-28-42(29(2)56-44(55-28)34-12-10-33(11-13-34)32-7-5-6-8-32)47(63)58-38(17-18-50)49(65)60(4)43-35-14-16-41(67-24-21-53)37(27-35)36-25-31(9-15-40(36)66-23-20-52)26-39(46(62)54-22-19-51)59-45(61)30(3)57-48(43)64/h9-16,25,27,30,32,38-39,43H,5-8,17-18,20-24,26,50,52-53H2,1-4H3,(H,54,62)(H,57,64)(H,58,63)(H,59,61)/t30-,38-,39-,43-/m0/s1. The zero-order valence-corrected chi connectivity index (χ0v) is 38.5. The monoisotopic (exact) mass is 915 g/mol. The number of nitrogens with one attached hydrogen (secondary N) is 4. The van der Waals surface area contributed by atoms with Crippen LogP contribution in [0.2, 0.25) is 0 Å². The Balaban J connectivity index is 1.37. The SMILES string of the molecule is Cc1nc(-c2ccc(C3CCCC3)cc2)nc(C)c1C(=O)N[C@@H](CCN)C(=O)N(C)[C@@H]1C(=O)N[C@@H](C)C(=O)N[C@H](C(=O)NCC#N)Cc2ccc(OCCN)c(c2)-c2cc1ccc2OCCN. The van der Waals surface area contributed by atoms with Gasteiger partial charge in [-0.05, 0) is 93.5 Å². The van der Waals surface area contributed by atoms with Crippen LogP contribution in [0.1, 0.15) is 89.4 Å². The molecule has 2 heterocycles. The molecule has 67 heavy (non-hydrogen) atoms. The van der Waals surface area contributed by atoms with E-state index in [2.05, 4.69) is 33.4 Å². The van der Waals surface area contributed by atoms with Crippen LogP contribution < -0.4 is 47.9 Å². The molecule has 4 atom stereocenters. The van der Waals surface area contributed by atoms with E-state index in [0.717, 1.165) is 5.56 Å². The van der Waals surface area contributed by atoms with Crippen LogP contribution >= 0.6 is 0 Å². The van der Waals surface area contributed by atoms with Gasteiger partial charge in [0.2, 0.25) is 23.6 Å². The van der Waals surface area contributed by atoms with Gasteiger partial charge in [-0.2, -0.15) is 5.26 Å². The van der Waals surface area contributed by atoms with Crippen LogP contribution in [0.15, 0.2) is 60.7 Å². The number of hydrogen-bond acceptors (Lipinski definition) is 13. The highest BCUT2D eigenvalue weighted by Gasteiger charge is 2.36. The number of aromatic nitrogens is 2. The highest BCUT2D eigenvalue weighted by atomic mass is 16.5. The van der Waals surface area contributed by atoms with Crippen LogP contribution in [0.3, 0.4) is 0 Å². The zero-order chi connectivity index (χ0) is 48.2. The third-order valence-electron chi connectivity index (χ3n) is 12.1. The molecular formula is C49H61N11O7. The number of amides is 5. The molecule has 5 amide bonds. The molecule has 0 unspecified atom stereocenters. The molecule has 1 aliphatic heterocycles. The topological polar surface area (TPSA) is 283 Å². The van der Waals surface area contributed by atoms with Crippen molar-refractivity contribution in [2.75, 3.05) is 46.4 Å². The van der Waals surface area contributed by atoms with E-state index in [9.17, 15) is 29.2 Å². The Morgan fingerprint density at radius 1 is 0.851 bits per heavy atom. The van der Waals surface area contributed by atoms with Gasteiger partial charge in [0.25, 0.3) is 5.91 Å².